The molecule has 0 radical (unpaired) electrons. The number of hydrogen-bond acceptors (Lipinski definition) is 4. The van der Waals surface area contributed by atoms with E-state index in [-0.39, 0.29) is 23.4 Å². The van der Waals surface area contributed by atoms with Crippen LogP contribution in [0.15, 0.2) is 41.3 Å². The monoisotopic (exact) mass is 387 g/mol. The molecular formula is C20H21NO5S. The molecule has 1 aliphatic rings. The number of carboxylic acid groups (broad SMARTS) is 1. The number of amides is 1. The van der Waals surface area contributed by atoms with Crippen LogP contribution in [0.1, 0.15) is 32.6 Å². The summed E-state index contributed by atoms with van der Waals surface area (Å²) in [5.41, 5.74) is 3.35. The van der Waals surface area contributed by atoms with Crippen molar-refractivity contribution in [2.75, 3.05) is 6.26 Å². The first-order valence-corrected chi connectivity index (χ1v) is 10.4. The molecule has 1 unspecified atom stereocenters. The van der Waals surface area contributed by atoms with Gasteiger partial charge in [-0.3, -0.25) is 4.79 Å². The number of carbonyl (C=O) groups excluding carboxylic acids is 1. The number of nitrogens with zero attached hydrogens (tertiary/aromatic N) is 1. The maximum absolute atomic E-state index is 13.2. The number of benzene rings is 2. The van der Waals surface area contributed by atoms with Gasteiger partial charge in [-0.1, -0.05) is 24.3 Å². The first-order chi connectivity index (χ1) is 12.6. The van der Waals surface area contributed by atoms with Crippen molar-refractivity contribution in [3.63, 3.8) is 0 Å². The van der Waals surface area contributed by atoms with Gasteiger partial charge in [0.1, 0.15) is 6.04 Å². The standard InChI is InChI=1S/C20H21NO5S/c1-12-8-16(27(3,25)26)10-17(13(12)2)19(22)21-11-15-7-5-4-6-14(15)9-18(21)20(23)24/h4-8,10,18H,9,11H2,1-3H3,(H,23,24). The van der Waals surface area contributed by atoms with Gasteiger partial charge in [-0.15, -0.1) is 0 Å². The molecule has 1 N–H and O–H groups in total. The lowest BCUT2D eigenvalue weighted by atomic mass is 9.92. The summed E-state index contributed by atoms with van der Waals surface area (Å²) < 4.78 is 23.9. The van der Waals surface area contributed by atoms with Crippen LogP contribution in [0, 0.1) is 13.8 Å². The van der Waals surface area contributed by atoms with E-state index in [1.807, 2.05) is 24.3 Å². The van der Waals surface area contributed by atoms with Crippen LogP contribution in [0.25, 0.3) is 0 Å². The molecule has 7 heteroatoms. The lowest BCUT2D eigenvalue weighted by molar-refractivity contribution is -0.142. The molecule has 0 aliphatic carbocycles. The van der Waals surface area contributed by atoms with E-state index in [2.05, 4.69) is 0 Å². The summed E-state index contributed by atoms with van der Waals surface area (Å²) in [4.78, 5) is 26.4. The number of aliphatic carboxylic acids is 1. The molecule has 2 aromatic carbocycles. The van der Waals surface area contributed by atoms with Crippen LogP contribution >= 0.6 is 0 Å². The third kappa shape index (κ3) is 3.60. The third-order valence-electron chi connectivity index (χ3n) is 5.09. The van der Waals surface area contributed by atoms with Crippen molar-refractivity contribution >= 4 is 21.7 Å². The predicted octanol–water partition coefficient (Wildman–Crippen LogP) is 2.36. The van der Waals surface area contributed by atoms with Gasteiger partial charge in [0.2, 0.25) is 0 Å². The van der Waals surface area contributed by atoms with Gasteiger partial charge >= 0.3 is 5.97 Å². The zero-order valence-corrected chi connectivity index (χ0v) is 16.2. The molecule has 0 bridgehead atoms. The Balaban J connectivity index is 2.09. The molecule has 0 saturated carbocycles. The first kappa shape index (κ1) is 19.1. The SMILES string of the molecule is Cc1cc(S(C)(=O)=O)cc(C(=O)N2Cc3ccccc3CC2C(=O)O)c1C. The van der Waals surface area contributed by atoms with Crippen molar-refractivity contribution in [2.24, 2.45) is 0 Å². The molecule has 0 aromatic heterocycles. The molecule has 1 heterocycles. The number of carbonyl (C=O) groups is 2. The van der Waals surface area contributed by atoms with Gasteiger partial charge in [-0.05, 0) is 48.2 Å². The van der Waals surface area contributed by atoms with Gasteiger partial charge in [0, 0.05) is 24.8 Å². The Morgan fingerprint density at radius 1 is 1.11 bits per heavy atom. The summed E-state index contributed by atoms with van der Waals surface area (Å²) in [6.07, 6.45) is 1.31. The molecular weight excluding hydrogens is 366 g/mol. The molecule has 0 fully saturated rings. The minimum Gasteiger partial charge on any atom is -0.480 e. The highest BCUT2D eigenvalue weighted by Crippen LogP contribution is 2.28. The fourth-order valence-corrected chi connectivity index (χ4v) is 4.10. The van der Waals surface area contributed by atoms with Crippen LogP contribution in [0.2, 0.25) is 0 Å². The third-order valence-corrected chi connectivity index (χ3v) is 6.19. The van der Waals surface area contributed by atoms with Gasteiger partial charge in [0.05, 0.1) is 4.90 Å². The number of carboxylic acids is 1. The van der Waals surface area contributed by atoms with Crippen molar-refractivity contribution in [3.8, 4) is 0 Å². The van der Waals surface area contributed by atoms with Gasteiger partial charge in [-0.2, -0.15) is 0 Å². The average Bonchev–Trinajstić information content (AvgIpc) is 2.61. The van der Waals surface area contributed by atoms with E-state index in [0.717, 1.165) is 17.4 Å². The smallest absolute Gasteiger partial charge is 0.326 e. The molecule has 0 saturated heterocycles. The quantitative estimate of drug-likeness (QED) is 0.873. The highest BCUT2D eigenvalue weighted by molar-refractivity contribution is 7.90. The van der Waals surface area contributed by atoms with E-state index in [4.69, 9.17) is 0 Å². The second kappa shape index (κ2) is 6.81. The van der Waals surface area contributed by atoms with Gasteiger partial charge in [-0.25, -0.2) is 13.2 Å². The first-order valence-electron chi connectivity index (χ1n) is 8.51. The number of aryl methyl sites for hydroxylation is 1. The topological polar surface area (TPSA) is 91.8 Å². The van der Waals surface area contributed by atoms with Crippen LogP contribution < -0.4 is 0 Å². The Morgan fingerprint density at radius 3 is 2.33 bits per heavy atom. The maximum Gasteiger partial charge on any atom is 0.326 e. The lowest BCUT2D eigenvalue weighted by Crippen LogP contribution is -2.48. The minimum absolute atomic E-state index is 0.0539. The summed E-state index contributed by atoms with van der Waals surface area (Å²) in [5, 5.41) is 9.65. The second-order valence-corrected chi connectivity index (χ2v) is 8.96. The van der Waals surface area contributed by atoms with E-state index in [9.17, 15) is 23.1 Å². The molecule has 142 valence electrons. The largest absolute Gasteiger partial charge is 0.480 e. The van der Waals surface area contributed by atoms with E-state index in [0.29, 0.717) is 11.1 Å². The Labute approximate surface area is 158 Å². The molecule has 1 aliphatic heterocycles. The second-order valence-electron chi connectivity index (χ2n) is 6.94. The van der Waals surface area contributed by atoms with Crippen LogP contribution in [-0.2, 0) is 27.6 Å². The maximum atomic E-state index is 13.2. The molecule has 2 aromatic rings. The van der Waals surface area contributed by atoms with E-state index >= 15 is 0 Å². The fraction of sp³-hybridized carbons (Fsp3) is 0.300. The van der Waals surface area contributed by atoms with Crippen molar-refractivity contribution in [2.45, 2.75) is 37.8 Å². The summed E-state index contributed by atoms with van der Waals surface area (Å²) in [7, 11) is -3.49. The van der Waals surface area contributed by atoms with Crippen LogP contribution in [0.5, 0.6) is 0 Å². The van der Waals surface area contributed by atoms with Crippen LogP contribution in [0.3, 0.4) is 0 Å². The minimum atomic E-state index is -3.49. The molecule has 3 rings (SSSR count). The highest BCUT2D eigenvalue weighted by Gasteiger charge is 2.35. The Hall–Kier alpha value is -2.67. The Kier molecular flexibility index (Phi) is 4.82. The number of hydrogen-bond donors (Lipinski definition) is 1. The van der Waals surface area contributed by atoms with Gasteiger partial charge in [0.25, 0.3) is 5.91 Å². The average molecular weight is 387 g/mol. The highest BCUT2D eigenvalue weighted by atomic mass is 32.2. The lowest BCUT2D eigenvalue weighted by Gasteiger charge is -2.35. The predicted molar refractivity (Wildman–Crippen MR) is 100 cm³/mol. The fourth-order valence-electron chi connectivity index (χ4n) is 3.37. The van der Waals surface area contributed by atoms with Crippen molar-refractivity contribution in [1.29, 1.82) is 0 Å². The zero-order valence-electron chi connectivity index (χ0n) is 15.4. The van der Waals surface area contributed by atoms with Crippen LogP contribution in [0.4, 0.5) is 0 Å². The number of fused-ring (bicyclic) bond motifs is 1. The van der Waals surface area contributed by atoms with Crippen molar-refractivity contribution in [1.82, 2.24) is 4.90 Å². The molecule has 27 heavy (non-hydrogen) atoms. The molecule has 6 nitrogen and oxygen atoms in total. The molecule has 1 amide bonds. The van der Waals surface area contributed by atoms with Crippen LogP contribution in [-0.4, -0.2) is 42.6 Å². The summed E-state index contributed by atoms with van der Waals surface area (Å²) in [6.45, 7) is 3.65. The Bertz CT molecular complexity index is 1040. The summed E-state index contributed by atoms with van der Waals surface area (Å²) in [6, 6.07) is 9.32. The molecule has 0 spiro atoms. The number of sulfone groups is 1. The normalized spacial score (nSPS) is 16.7. The summed E-state index contributed by atoms with van der Waals surface area (Å²) >= 11 is 0. The van der Waals surface area contributed by atoms with E-state index < -0.39 is 27.8 Å². The van der Waals surface area contributed by atoms with E-state index in [1.165, 1.54) is 17.0 Å². The van der Waals surface area contributed by atoms with E-state index in [1.54, 1.807) is 13.8 Å². The van der Waals surface area contributed by atoms with Crippen molar-refractivity contribution in [3.05, 3.63) is 64.2 Å². The number of rotatable bonds is 3. The summed E-state index contributed by atoms with van der Waals surface area (Å²) in [5.74, 6) is -1.55. The zero-order chi connectivity index (χ0) is 19.9. The Morgan fingerprint density at radius 2 is 1.74 bits per heavy atom. The van der Waals surface area contributed by atoms with Gasteiger partial charge < -0.3 is 10.0 Å². The molecule has 1 atom stereocenters. The van der Waals surface area contributed by atoms with Gasteiger partial charge in [0.15, 0.2) is 9.84 Å². The van der Waals surface area contributed by atoms with Crippen molar-refractivity contribution < 1.29 is 23.1 Å².